The minimum Gasteiger partial charge on any atom is -0.470 e. The van der Waals surface area contributed by atoms with Crippen molar-refractivity contribution in [2.45, 2.75) is 13.2 Å². The van der Waals surface area contributed by atoms with E-state index in [1.54, 1.807) is 6.21 Å². The molecule has 1 heterocycles. The van der Waals surface area contributed by atoms with Gasteiger partial charge in [-0.3, -0.25) is 4.79 Å². The molecule has 0 fully saturated rings. The highest BCUT2D eigenvalue weighted by Gasteiger charge is 2.21. The van der Waals surface area contributed by atoms with Crippen LogP contribution >= 0.6 is 0 Å². The quantitative estimate of drug-likeness (QED) is 0.449. The van der Waals surface area contributed by atoms with Gasteiger partial charge in [-0.05, 0) is 21.9 Å². The van der Waals surface area contributed by atoms with Crippen molar-refractivity contribution in [2.24, 2.45) is 5.10 Å². The monoisotopic (exact) mass is 411 g/mol. The maximum absolute atomic E-state index is 12.8. The Morgan fingerprint density at radius 2 is 1.52 bits per heavy atom. The molecule has 0 aliphatic rings. The van der Waals surface area contributed by atoms with Gasteiger partial charge in [0.05, 0.1) is 6.21 Å². The summed E-state index contributed by atoms with van der Waals surface area (Å²) in [7, 11) is 0. The van der Waals surface area contributed by atoms with Crippen LogP contribution in [0.3, 0.4) is 0 Å². The highest BCUT2D eigenvalue weighted by atomic mass is 16.5. The lowest BCUT2D eigenvalue weighted by Crippen LogP contribution is -2.24. The molecular formula is C24H21N5O2. The standard InChI is InChI=1S/C24H21N5O2/c30-23(25-16-19-10-4-1-5-11-19)22-24(31-18-21-14-8-3-9-15-21)29(28-27-22)26-17-20-12-6-2-7-13-20/h1-15,17H,16,18H2,(H,25,30)/b26-17+. The molecule has 7 heteroatoms. The maximum atomic E-state index is 12.8. The molecule has 0 saturated heterocycles. The lowest BCUT2D eigenvalue weighted by atomic mass is 10.2. The van der Waals surface area contributed by atoms with E-state index in [-0.39, 0.29) is 24.1 Å². The van der Waals surface area contributed by atoms with E-state index in [9.17, 15) is 4.79 Å². The molecule has 4 aromatic rings. The normalized spacial score (nSPS) is 10.8. The van der Waals surface area contributed by atoms with Gasteiger partial charge in [0.1, 0.15) is 6.61 Å². The number of carbonyl (C=O) groups excluding carboxylic acids is 1. The first kappa shape index (κ1) is 20.0. The summed E-state index contributed by atoms with van der Waals surface area (Å²) in [5, 5.41) is 15.2. The van der Waals surface area contributed by atoms with Crippen LogP contribution in [0.25, 0.3) is 0 Å². The molecule has 1 N–H and O–H groups in total. The topological polar surface area (TPSA) is 81.4 Å². The van der Waals surface area contributed by atoms with E-state index in [0.717, 1.165) is 16.7 Å². The van der Waals surface area contributed by atoms with Gasteiger partial charge >= 0.3 is 0 Å². The second-order valence-electron chi connectivity index (χ2n) is 6.73. The van der Waals surface area contributed by atoms with Gasteiger partial charge in [0.2, 0.25) is 5.69 Å². The molecule has 0 aliphatic carbocycles. The van der Waals surface area contributed by atoms with Crippen molar-refractivity contribution in [3.05, 3.63) is 113 Å². The zero-order valence-corrected chi connectivity index (χ0v) is 16.8. The summed E-state index contributed by atoms with van der Waals surface area (Å²) in [6.45, 7) is 0.631. The second kappa shape index (κ2) is 9.98. The highest BCUT2D eigenvalue weighted by Crippen LogP contribution is 2.18. The third-order valence-corrected chi connectivity index (χ3v) is 4.46. The first-order valence-electron chi connectivity index (χ1n) is 9.83. The van der Waals surface area contributed by atoms with Crippen molar-refractivity contribution in [2.75, 3.05) is 0 Å². The van der Waals surface area contributed by atoms with Gasteiger partial charge in [-0.2, -0.15) is 5.10 Å². The average molecular weight is 411 g/mol. The van der Waals surface area contributed by atoms with Crippen molar-refractivity contribution in [3.63, 3.8) is 0 Å². The van der Waals surface area contributed by atoms with Gasteiger partial charge in [0.25, 0.3) is 11.8 Å². The minimum absolute atomic E-state index is 0.0806. The number of hydrogen-bond acceptors (Lipinski definition) is 5. The minimum atomic E-state index is -0.381. The van der Waals surface area contributed by atoms with E-state index >= 15 is 0 Å². The van der Waals surface area contributed by atoms with E-state index in [0.29, 0.717) is 6.54 Å². The van der Waals surface area contributed by atoms with Crippen molar-refractivity contribution >= 4 is 12.1 Å². The molecule has 31 heavy (non-hydrogen) atoms. The summed E-state index contributed by atoms with van der Waals surface area (Å²) >= 11 is 0. The molecular weight excluding hydrogens is 390 g/mol. The Bertz CT molecular complexity index is 1140. The van der Waals surface area contributed by atoms with E-state index in [1.165, 1.54) is 4.79 Å². The molecule has 0 saturated carbocycles. The van der Waals surface area contributed by atoms with E-state index in [1.807, 2.05) is 91.0 Å². The number of carbonyl (C=O) groups is 1. The van der Waals surface area contributed by atoms with Gasteiger partial charge in [-0.25, -0.2) is 0 Å². The number of aromatic nitrogens is 3. The van der Waals surface area contributed by atoms with Crippen LogP contribution in [0, 0.1) is 0 Å². The summed E-state index contributed by atoms with van der Waals surface area (Å²) in [6.07, 6.45) is 1.63. The smallest absolute Gasteiger partial charge is 0.277 e. The van der Waals surface area contributed by atoms with Crippen LogP contribution in [0.15, 0.2) is 96.1 Å². The SMILES string of the molecule is O=C(NCc1ccccc1)c1nnn(/N=C/c2ccccc2)c1OCc1ccccc1. The summed E-state index contributed by atoms with van der Waals surface area (Å²) < 4.78 is 5.92. The van der Waals surface area contributed by atoms with Crippen LogP contribution in [0.1, 0.15) is 27.2 Å². The Morgan fingerprint density at radius 3 is 2.19 bits per heavy atom. The van der Waals surface area contributed by atoms with Gasteiger partial charge in [0, 0.05) is 6.54 Å². The predicted octanol–water partition coefficient (Wildman–Crippen LogP) is 3.67. The molecule has 3 aromatic carbocycles. The summed E-state index contributed by atoms with van der Waals surface area (Å²) in [6, 6.07) is 28.9. The third-order valence-electron chi connectivity index (χ3n) is 4.46. The fourth-order valence-electron chi connectivity index (χ4n) is 2.86. The first-order chi connectivity index (χ1) is 15.3. The van der Waals surface area contributed by atoms with Crippen LogP contribution in [-0.2, 0) is 13.2 Å². The summed E-state index contributed by atoms with van der Waals surface area (Å²) in [5.41, 5.74) is 2.91. The molecule has 0 unspecified atom stereocenters. The Balaban J connectivity index is 1.55. The van der Waals surface area contributed by atoms with Gasteiger partial charge in [0.15, 0.2) is 0 Å². The number of amides is 1. The van der Waals surface area contributed by atoms with Gasteiger partial charge in [-0.15, -0.1) is 5.10 Å². The number of rotatable bonds is 8. The summed E-state index contributed by atoms with van der Waals surface area (Å²) in [4.78, 5) is 14.0. The zero-order chi connectivity index (χ0) is 21.3. The second-order valence-corrected chi connectivity index (χ2v) is 6.73. The van der Waals surface area contributed by atoms with Gasteiger partial charge < -0.3 is 10.1 Å². The Kier molecular flexibility index (Phi) is 6.45. The number of ether oxygens (including phenoxy) is 1. The summed E-state index contributed by atoms with van der Waals surface area (Å²) in [5.74, 6) is -0.199. The van der Waals surface area contributed by atoms with Gasteiger partial charge in [-0.1, -0.05) is 95.8 Å². The molecule has 1 amide bonds. The lowest BCUT2D eigenvalue weighted by Gasteiger charge is -2.08. The molecule has 7 nitrogen and oxygen atoms in total. The number of benzene rings is 3. The van der Waals surface area contributed by atoms with Crippen molar-refractivity contribution < 1.29 is 9.53 Å². The van der Waals surface area contributed by atoms with Crippen molar-refractivity contribution in [1.82, 2.24) is 20.4 Å². The van der Waals surface area contributed by atoms with Crippen molar-refractivity contribution in [1.29, 1.82) is 0 Å². The fourth-order valence-corrected chi connectivity index (χ4v) is 2.86. The molecule has 0 aliphatic heterocycles. The average Bonchev–Trinajstić information content (AvgIpc) is 3.24. The maximum Gasteiger partial charge on any atom is 0.277 e. The van der Waals surface area contributed by atoms with E-state index in [2.05, 4.69) is 20.7 Å². The predicted molar refractivity (Wildman–Crippen MR) is 118 cm³/mol. The number of nitrogens with zero attached hydrogens (tertiary/aromatic N) is 4. The Labute approximate surface area is 180 Å². The van der Waals surface area contributed by atoms with Crippen LogP contribution in [0.2, 0.25) is 0 Å². The number of nitrogens with one attached hydrogen (secondary N) is 1. The zero-order valence-electron chi connectivity index (χ0n) is 16.8. The van der Waals surface area contributed by atoms with Crippen LogP contribution in [0.5, 0.6) is 5.88 Å². The van der Waals surface area contributed by atoms with Crippen molar-refractivity contribution in [3.8, 4) is 5.88 Å². The first-order valence-corrected chi connectivity index (χ1v) is 9.83. The van der Waals surface area contributed by atoms with Crippen LogP contribution < -0.4 is 10.1 Å². The molecule has 4 rings (SSSR count). The Morgan fingerprint density at radius 1 is 0.903 bits per heavy atom. The molecule has 0 spiro atoms. The highest BCUT2D eigenvalue weighted by molar-refractivity contribution is 5.94. The molecule has 1 aromatic heterocycles. The van der Waals surface area contributed by atoms with Crippen LogP contribution in [0.4, 0.5) is 0 Å². The lowest BCUT2D eigenvalue weighted by molar-refractivity contribution is 0.0940. The molecule has 0 radical (unpaired) electrons. The largest absolute Gasteiger partial charge is 0.470 e. The Hall–Kier alpha value is -4.26. The van der Waals surface area contributed by atoms with Crippen LogP contribution in [-0.4, -0.2) is 27.2 Å². The van der Waals surface area contributed by atoms with E-state index < -0.39 is 0 Å². The number of hydrogen-bond donors (Lipinski definition) is 1. The van der Waals surface area contributed by atoms with E-state index in [4.69, 9.17) is 4.74 Å². The molecule has 154 valence electrons. The third kappa shape index (κ3) is 5.42. The molecule has 0 bridgehead atoms. The fraction of sp³-hybridized carbons (Fsp3) is 0.0833. The molecule has 0 atom stereocenters.